The van der Waals surface area contributed by atoms with E-state index in [1.807, 2.05) is 0 Å². The van der Waals surface area contributed by atoms with Crippen LogP contribution in [0.5, 0.6) is 0 Å². The highest BCUT2D eigenvalue weighted by Gasteiger charge is 2.43. The van der Waals surface area contributed by atoms with E-state index in [-0.39, 0.29) is 12.1 Å². The molecule has 2 saturated carbocycles. The quantitative estimate of drug-likeness (QED) is 0.365. The number of nitrogens with zero attached hydrogens (tertiary/aromatic N) is 2. The number of hydrogen-bond donors (Lipinski definition) is 2. The summed E-state index contributed by atoms with van der Waals surface area (Å²) >= 11 is 0. The fourth-order valence-corrected chi connectivity index (χ4v) is 2.91. The van der Waals surface area contributed by atoms with Gasteiger partial charge in [0.1, 0.15) is 0 Å². The molecule has 3 N–H and O–H groups in total. The van der Waals surface area contributed by atoms with E-state index < -0.39 is 0 Å². The van der Waals surface area contributed by atoms with Gasteiger partial charge >= 0.3 is 0 Å². The molecule has 2 aliphatic carbocycles. The van der Waals surface area contributed by atoms with Crippen molar-refractivity contribution in [3.8, 4) is 0 Å². The Balaban J connectivity index is 2.04. The third-order valence-corrected chi connectivity index (χ3v) is 3.56. The first-order chi connectivity index (χ1) is 6.33. The zero-order chi connectivity index (χ0) is 9.26. The van der Waals surface area contributed by atoms with E-state index in [9.17, 15) is 5.11 Å². The average molecular weight is 183 g/mol. The first-order valence-corrected chi connectivity index (χ1v) is 5.11. The Morgan fingerprint density at radius 3 is 2.69 bits per heavy atom. The Labute approximate surface area is 78.2 Å². The lowest BCUT2D eigenvalue weighted by molar-refractivity contribution is 0.0864. The highest BCUT2D eigenvalue weighted by Crippen LogP contribution is 2.43. The van der Waals surface area contributed by atoms with Crippen LogP contribution in [0.4, 0.5) is 0 Å². The van der Waals surface area contributed by atoms with Gasteiger partial charge in [0, 0.05) is 0 Å². The zero-order valence-electron chi connectivity index (χ0n) is 7.76. The van der Waals surface area contributed by atoms with Crippen molar-refractivity contribution >= 4 is 0 Å². The highest BCUT2D eigenvalue weighted by molar-refractivity contribution is 4.96. The Kier molecular flexibility index (Phi) is 2.49. The van der Waals surface area contributed by atoms with Crippen molar-refractivity contribution < 1.29 is 5.11 Å². The normalized spacial score (nSPS) is 45.3. The summed E-state index contributed by atoms with van der Waals surface area (Å²) in [6.07, 6.45) is 5.65. The smallest absolute Gasteiger partial charge is 0.0993 e. The predicted octanol–water partition coefficient (Wildman–Crippen LogP) is 1.25. The molecule has 4 atom stereocenters. The van der Waals surface area contributed by atoms with Gasteiger partial charge in [-0.05, 0) is 24.7 Å². The monoisotopic (exact) mass is 183 g/mol. The van der Waals surface area contributed by atoms with Gasteiger partial charge < -0.3 is 10.9 Å². The third-order valence-electron chi connectivity index (χ3n) is 3.56. The van der Waals surface area contributed by atoms with E-state index in [1.165, 1.54) is 19.3 Å². The van der Waals surface area contributed by atoms with Crippen LogP contribution in [-0.4, -0.2) is 17.3 Å². The molecule has 0 bridgehead atoms. The first-order valence-electron chi connectivity index (χ1n) is 5.11. The lowest BCUT2D eigenvalue weighted by Gasteiger charge is -2.26. The summed E-state index contributed by atoms with van der Waals surface area (Å²) in [6.45, 7) is 0. The van der Waals surface area contributed by atoms with Crippen molar-refractivity contribution in [2.45, 2.75) is 44.2 Å². The molecule has 0 aromatic rings. The molecule has 2 aliphatic rings. The third kappa shape index (κ3) is 1.55. The van der Waals surface area contributed by atoms with Crippen LogP contribution in [-0.2, 0) is 0 Å². The summed E-state index contributed by atoms with van der Waals surface area (Å²) in [6, 6.07) is -0.0295. The second-order valence-corrected chi connectivity index (χ2v) is 4.23. The molecule has 0 radical (unpaired) electrons. The van der Waals surface area contributed by atoms with Crippen LogP contribution in [0.15, 0.2) is 10.3 Å². The Hall–Kier alpha value is -0.640. The molecule has 0 spiro atoms. The van der Waals surface area contributed by atoms with Crippen LogP contribution in [0.3, 0.4) is 0 Å². The van der Waals surface area contributed by atoms with Gasteiger partial charge in [-0.2, -0.15) is 5.11 Å². The van der Waals surface area contributed by atoms with Crippen LogP contribution in [0.2, 0.25) is 0 Å². The maximum atomic E-state index is 9.91. The minimum Gasteiger partial charge on any atom is -0.391 e. The van der Waals surface area contributed by atoms with Crippen molar-refractivity contribution in [3.63, 3.8) is 0 Å². The number of hydrogen-bond acceptors (Lipinski definition) is 3. The van der Waals surface area contributed by atoms with Gasteiger partial charge in [0.05, 0.1) is 12.1 Å². The standard InChI is InChI=1S/C9H17N3O/c10-12-11-8-5-6-3-1-2-4-7(6)9(8)13/h6-9,13H,1-5H2,(H2,10,11)/t6-,7-,8-,9-/m0/s1. The molecule has 0 heterocycles. The second kappa shape index (κ2) is 3.62. The molecule has 4 nitrogen and oxygen atoms in total. The van der Waals surface area contributed by atoms with Gasteiger partial charge in [0.25, 0.3) is 0 Å². The molecule has 74 valence electrons. The predicted molar refractivity (Wildman–Crippen MR) is 48.9 cm³/mol. The Morgan fingerprint density at radius 1 is 1.23 bits per heavy atom. The van der Waals surface area contributed by atoms with E-state index in [0.717, 1.165) is 12.8 Å². The van der Waals surface area contributed by atoms with Gasteiger partial charge in [-0.3, -0.25) is 0 Å². The molecule has 4 heteroatoms. The number of rotatable bonds is 1. The SMILES string of the molecule is NN=N[C@H]1C[C@@H]2CCCC[C@@H]2[C@@H]1O. The molecule has 0 aromatic carbocycles. The number of nitrogens with two attached hydrogens (primary N) is 1. The molecule has 0 amide bonds. The minimum absolute atomic E-state index is 0.0295. The van der Waals surface area contributed by atoms with Gasteiger partial charge in [-0.15, -0.1) is 0 Å². The topological polar surface area (TPSA) is 71.0 Å². The van der Waals surface area contributed by atoms with Crippen molar-refractivity contribution in [1.82, 2.24) is 0 Å². The summed E-state index contributed by atoms with van der Waals surface area (Å²) in [5, 5.41) is 17.1. The summed E-state index contributed by atoms with van der Waals surface area (Å²) in [4.78, 5) is 0. The molecule has 2 rings (SSSR count). The van der Waals surface area contributed by atoms with Gasteiger partial charge in [0.2, 0.25) is 0 Å². The maximum Gasteiger partial charge on any atom is 0.0993 e. The van der Waals surface area contributed by atoms with E-state index in [2.05, 4.69) is 10.3 Å². The van der Waals surface area contributed by atoms with Gasteiger partial charge in [-0.25, -0.2) is 0 Å². The molecule has 0 saturated heterocycles. The summed E-state index contributed by atoms with van der Waals surface area (Å²) < 4.78 is 0. The molecule has 0 aliphatic heterocycles. The number of aliphatic hydroxyl groups excluding tert-OH is 1. The summed E-state index contributed by atoms with van der Waals surface area (Å²) in [5.41, 5.74) is 0. The van der Waals surface area contributed by atoms with Crippen molar-refractivity contribution in [1.29, 1.82) is 0 Å². The van der Waals surface area contributed by atoms with Crippen LogP contribution in [0, 0.1) is 11.8 Å². The van der Waals surface area contributed by atoms with Gasteiger partial charge in [0.15, 0.2) is 0 Å². The van der Waals surface area contributed by atoms with Crippen LogP contribution in [0.1, 0.15) is 32.1 Å². The molecular weight excluding hydrogens is 166 g/mol. The second-order valence-electron chi connectivity index (χ2n) is 4.23. The Morgan fingerprint density at radius 2 is 2.00 bits per heavy atom. The zero-order valence-corrected chi connectivity index (χ0v) is 7.76. The van der Waals surface area contributed by atoms with E-state index in [1.54, 1.807) is 0 Å². The number of fused-ring (bicyclic) bond motifs is 1. The lowest BCUT2D eigenvalue weighted by Crippen LogP contribution is -2.26. The van der Waals surface area contributed by atoms with Crippen molar-refractivity contribution in [3.05, 3.63) is 0 Å². The molecule has 0 aromatic heterocycles. The fourth-order valence-electron chi connectivity index (χ4n) is 2.91. The van der Waals surface area contributed by atoms with E-state index in [0.29, 0.717) is 11.8 Å². The molecular formula is C9H17N3O. The average Bonchev–Trinajstić information content (AvgIpc) is 2.46. The van der Waals surface area contributed by atoms with Crippen LogP contribution < -0.4 is 5.84 Å². The lowest BCUT2D eigenvalue weighted by atomic mass is 9.81. The largest absolute Gasteiger partial charge is 0.391 e. The first kappa shape index (κ1) is 8.94. The summed E-state index contributed by atoms with van der Waals surface area (Å²) in [7, 11) is 0. The molecule has 0 unspecified atom stereocenters. The van der Waals surface area contributed by atoms with Crippen LogP contribution in [0.25, 0.3) is 0 Å². The minimum atomic E-state index is -0.294. The van der Waals surface area contributed by atoms with Crippen LogP contribution >= 0.6 is 0 Å². The molecule has 2 fully saturated rings. The maximum absolute atomic E-state index is 9.91. The fraction of sp³-hybridized carbons (Fsp3) is 1.00. The van der Waals surface area contributed by atoms with Gasteiger partial charge in [-0.1, -0.05) is 24.5 Å². The number of aliphatic hydroxyl groups is 1. The van der Waals surface area contributed by atoms with E-state index in [4.69, 9.17) is 5.84 Å². The van der Waals surface area contributed by atoms with Crippen molar-refractivity contribution in [2.75, 3.05) is 0 Å². The summed E-state index contributed by atoms with van der Waals surface area (Å²) in [5.74, 6) is 6.14. The van der Waals surface area contributed by atoms with Crippen molar-refractivity contribution in [2.24, 2.45) is 28.0 Å². The van der Waals surface area contributed by atoms with E-state index >= 15 is 0 Å². The Bertz CT molecular complexity index is 207. The highest BCUT2D eigenvalue weighted by atomic mass is 16.3. The molecule has 13 heavy (non-hydrogen) atoms.